The standard InChI is InChI=1S/C15H16N2O2S2/c16-13-5-3-4-12(10-13)11-21(18,19)17-8-9-20-15-7-2-1-6-14(15)17/h1-7,10H,8-9,11,16H2. The van der Waals surface area contributed by atoms with Crippen LogP contribution in [0.4, 0.5) is 11.4 Å². The number of thioether (sulfide) groups is 1. The number of nitrogens with zero attached hydrogens (tertiary/aromatic N) is 1. The Balaban J connectivity index is 1.93. The van der Waals surface area contributed by atoms with Crippen LogP contribution in [0.5, 0.6) is 0 Å². The van der Waals surface area contributed by atoms with Crippen LogP contribution in [0, 0.1) is 0 Å². The van der Waals surface area contributed by atoms with E-state index in [9.17, 15) is 8.42 Å². The van der Waals surface area contributed by atoms with Gasteiger partial charge in [0.25, 0.3) is 0 Å². The number of nitrogens with two attached hydrogens (primary N) is 1. The molecule has 21 heavy (non-hydrogen) atoms. The monoisotopic (exact) mass is 320 g/mol. The Morgan fingerprint density at radius 3 is 2.76 bits per heavy atom. The molecule has 0 aliphatic carbocycles. The van der Waals surface area contributed by atoms with Gasteiger partial charge in [0, 0.05) is 22.9 Å². The lowest BCUT2D eigenvalue weighted by molar-refractivity contribution is 0.590. The van der Waals surface area contributed by atoms with Crippen LogP contribution in [-0.2, 0) is 15.8 Å². The summed E-state index contributed by atoms with van der Waals surface area (Å²) < 4.78 is 26.9. The number of nitrogen functional groups attached to an aromatic ring is 1. The number of benzene rings is 2. The molecule has 110 valence electrons. The zero-order chi connectivity index (χ0) is 14.9. The number of sulfonamides is 1. The van der Waals surface area contributed by atoms with Gasteiger partial charge in [-0.25, -0.2) is 8.42 Å². The third-order valence-corrected chi connectivity index (χ3v) is 6.11. The van der Waals surface area contributed by atoms with Crippen molar-refractivity contribution in [1.29, 1.82) is 0 Å². The van der Waals surface area contributed by atoms with Gasteiger partial charge in [-0.2, -0.15) is 0 Å². The van der Waals surface area contributed by atoms with Gasteiger partial charge in [-0.1, -0.05) is 24.3 Å². The molecular formula is C15H16N2O2S2. The van der Waals surface area contributed by atoms with Crippen LogP contribution >= 0.6 is 11.8 Å². The quantitative estimate of drug-likeness (QED) is 0.883. The molecule has 1 aliphatic rings. The SMILES string of the molecule is Nc1cccc(CS(=O)(=O)N2CCSc3ccccc32)c1. The molecule has 1 heterocycles. The maximum absolute atomic E-state index is 12.7. The Bertz CT molecular complexity index is 760. The van der Waals surface area contributed by atoms with Crippen molar-refractivity contribution in [3.8, 4) is 0 Å². The zero-order valence-corrected chi connectivity index (χ0v) is 13.0. The molecule has 0 atom stereocenters. The summed E-state index contributed by atoms with van der Waals surface area (Å²) in [6, 6.07) is 14.7. The molecule has 0 saturated heterocycles. The van der Waals surface area contributed by atoms with Crippen molar-refractivity contribution in [2.75, 3.05) is 22.3 Å². The minimum absolute atomic E-state index is 0.0307. The van der Waals surface area contributed by atoms with Crippen molar-refractivity contribution in [2.45, 2.75) is 10.6 Å². The van der Waals surface area contributed by atoms with Crippen molar-refractivity contribution in [3.05, 3.63) is 54.1 Å². The van der Waals surface area contributed by atoms with E-state index in [2.05, 4.69) is 0 Å². The normalized spacial score (nSPS) is 14.8. The second-order valence-electron chi connectivity index (χ2n) is 4.89. The van der Waals surface area contributed by atoms with Gasteiger partial charge in [0.15, 0.2) is 0 Å². The van der Waals surface area contributed by atoms with Crippen molar-refractivity contribution in [3.63, 3.8) is 0 Å². The van der Waals surface area contributed by atoms with E-state index >= 15 is 0 Å². The van der Waals surface area contributed by atoms with Gasteiger partial charge in [0.2, 0.25) is 10.0 Å². The van der Waals surface area contributed by atoms with E-state index in [-0.39, 0.29) is 5.75 Å². The zero-order valence-electron chi connectivity index (χ0n) is 11.4. The average molecular weight is 320 g/mol. The van der Waals surface area contributed by atoms with Gasteiger partial charge >= 0.3 is 0 Å². The molecule has 0 saturated carbocycles. The lowest BCUT2D eigenvalue weighted by atomic mass is 10.2. The smallest absolute Gasteiger partial charge is 0.239 e. The summed E-state index contributed by atoms with van der Waals surface area (Å²) >= 11 is 1.69. The fourth-order valence-corrected chi connectivity index (χ4v) is 5.16. The van der Waals surface area contributed by atoms with Crippen LogP contribution in [0.2, 0.25) is 0 Å². The Hall–Kier alpha value is -1.66. The molecule has 6 heteroatoms. The molecule has 2 aromatic carbocycles. The number of fused-ring (bicyclic) bond motifs is 1. The third-order valence-electron chi connectivity index (χ3n) is 3.32. The number of hydrogen-bond acceptors (Lipinski definition) is 4. The second kappa shape index (κ2) is 5.61. The maximum Gasteiger partial charge on any atom is 0.239 e. The molecule has 0 fully saturated rings. The van der Waals surface area contributed by atoms with E-state index in [0.29, 0.717) is 17.8 Å². The number of rotatable bonds is 3. The van der Waals surface area contributed by atoms with Gasteiger partial charge in [-0.3, -0.25) is 4.31 Å². The van der Waals surface area contributed by atoms with Crippen LogP contribution in [0.25, 0.3) is 0 Å². The molecule has 2 aromatic rings. The van der Waals surface area contributed by atoms with E-state index in [1.165, 1.54) is 4.31 Å². The van der Waals surface area contributed by atoms with E-state index in [0.717, 1.165) is 16.3 Å². The summed E-state index contributed by atoms with van der Waals surface area (Å²) in [5.74, 6) is 0.740. The van der Waals surface area contributed by atoms with Gasteiger partial charge in [0.05, 0.1) is 11.4 Å². The molecule has 1 aliphatic heterocycles. The van der Waals surface area contributed by atoms with E-state index < -0.39 is 10.0 Å². The van der Waals surface area contributed by atoms with Crippen molar-refractivity contribution < 1.29 is 8.42 Å². The van der Waals surface area contributed by atoms with Crippen LogP contribution in [-0.4, -0.2) is 20.7 Å². The summed E-state index contributed by atoms with van der Waals surface area (Å²) in [7, 11) is -3.40. The van der Waals surface area contributed by atoms with E-state index in [4.69, 9.17) is 5.73 Å². The van der Waals surface area contributed by atoms with Crippen molar-refractivity contribution >= 4 is 33.2 Å². The molecule has 4 nitrogen and oxygen atoms in total. The lowest BCUT2D eigenvalue weighted by Crippen LogP contribution is -2.36. The molecule has 3 rings (SSSR count). The molecule has 0 bridgehead atoms. The Morgan fingerprint density at radius 1 is 1.14 bits per heavy atom. The van der Waals surface area contributed by atoms with Crippen molar-refractivity contribution in [1.82, 2.24) is 0 Å². The first kappa shape index (κ1) is 14.3. The average Bonchev–Trinajstić information content (AvgIpc) is 2.46. The van der Waals surface area contributed by atoms with Crippen LogP contribution in [0.3, 0.4) is 0 Å². The predicted octanol–water partition coefficient (Wildman–Crippen LogP) is 2.71. The first-order valence-corrected chi connectivity index (χ1v) is 9.22. The predicted molar refractivity (Wildman–Crippen MR) is 88.0 cm³/mol. The Kier molecular flexibility index (Phi) is 3.82. The highest BCUT2D eigenvalue weighted by Gasteiger charge is 2.27. The van der Waals surface area contributed by atoms with Crippen LogP contribution in [0.15, 0.2) is 53.4 Å². The summed E-state index contributed by atoms with van der Waals surface area (Å²) in [4.78, 5) is 1.01. The summed E-state index contributed by atoms with van der Waals surface area (Å²) in [5.41, 5.74) is 7.79. The lowest BCUT2D eigenvalue weighted by Gasteiger charge is -2.30. The number of hydrogen-bond donors (Lipinski definition) is 1. The molecule has 0 radical (unpaired) electrons. The third kappa shape index (κ3) is 3.01. The van der Waals surface area contributed by atoms with Gasteiger partial charge < -0.3 is 5.73 Å². The molecule has 0 unspecified atom stereocenters. The molecular weight excluding hydrogens is 304 g/mol. The topological polar surface area (TPSA) is 63.4 Å². The summed E-state index contributed by atoms with van der Waals surface area (Å²) in [5, 5.41) is 0. The van der Waals surface area contributed by atoms with Crippen LogP contribution in [0.1, 0.15) is 5.56 Å². The Morgan fingerprint density at radius 2 is 1.95 bits per heavy atom. The summed E-state index contributed by atoms with van der Waals surface area (Å²) in [6.45, 7) is 0.506. The molecule has 0 spiro atoms. The fourth-order valence-electron chi connectivity index (χ4n) is 2.40. The molecule has 2 N–H and O–H groups in total. The highest BCUT2D eigenvalue weighted by molar-refractivity contribution is 8.00. The van der Waals surface area contributed by atoms with Gasteiger partial charge in [-0.15, -0.1) is 11.8 Å². The summed E-state index contributed by atoms with van der Waals surface area (Å²) in [6.07, 6.45) is 0. The Labute approximate surface area is 129 Å². The van der Waals surface area contributed by atoms with Gasteiger partial charge in [-0.05, 0) is 29.8 Å². The fraction of sp³-hybridized carbons (Fsp3) is 0.200. The minimum Gasteiger partial charge on any atom is -0.399 e. The minimum atomic E-state index is -3.40. The first-order chi connectivity index (χ1) is 10.1. The van der Waals surface area contributed by atoms with Crippen molar-refractivity contribution in [2.24, 2.45) is 0 Å². The maximum atomic E-state index is 12.7. The second-order valence-corrected chi connectivity index (χ2v) is 7.92. The first-order valence-electron chi connectivity index (χ1n) is 6.63. The number of anilines is 2. The largest absolute Gasteiger partial charge is 0.399 e. The highest BCUT2D eigenvalue weighted by atomic mass is 32.2. The van der Waals surface area contributed by atoms with Gasteiger partial charge in [0.1, 0.15) is 0 Å². The number of para-hydroxylation sites is 1. The van der Waals surface area contributed by atoms with E-state index in [1.54, 1.807) is 36.0 Å². The molecule has 0 aromatic heterocycles. The van der Waals surface area contributed by atoms with Crippen LogP contribution < -0.4 is 10.0 Å². The molecule has 0 amide bonds. The highest BCUT2D eigenvalue weighted by Crippen LogP contribution is 2.36. The van der Waals surface area contributed by atoms with E-state index in [1.807, 2.05) is 24.3 Å².